The van der Waals surface area contributed by atoms with Crippen molar-refractivity contribution in [3.8, 4) is 0 Å². The van der Waals surface area contributed by atoms with Gasteiger partial charge in [0.1, 0.15) is 0 Å². The van der Waals surface area contributed by atoms with E-state index in [4.69, 9.17) is 5.73 Å². The van der Waals surface area contributed by atoms with Crippen LogP contribution in [0.4, 0.5) is 0 Å². The molecule has 3 heteroatoms. The van der Waals surface area contributed by atoms with E-state index >= 15 is 0 Å². The van der Waals surface area contributed by atoms with Gasteiger partial charge in [0, 0.05) is 16.7 Å². The molecule has 0 aromatic heterocycles. The Kier molecular flexibility index (Phi) is 3.31. The van der Waals surface area contributed by atoms with E-state index in [0.717, 1.165) is 19.3 Å². The zero-order valence-electron chi connectivity index (χ0n) is 8.84. The highest BCUT2D eigenvalue weighted by molar-refractivity contribution is 7.99. The van der Waals surface area contributed by atoms with Crippen molar-refractivity contribution < 1.29 is 5.11 Å². The smallest absolute Gasteiger partial charge is 0.0621 e. The van der Waals surface area contributed by atoms with E-state index in [1.807, 2.05) is 11.8 Å². The molecule has 0 saturated heterocycles. The Morgan fingerprint density at radius 3 is 2.38 bits per heavy atom. The maximum absolute atomic E-state index is 10.0. The van der Waals surface area contributed by atoms with Gasteiger partial charge in [0.15, 0.2) is 0 Å². The molecular weight excluding hydrogens is 182 g/mol. The first-order valence-corrected chi connectivity index (χ1v) is 6.11. The van der Waals surface area contributed by atoms with Crippen LogP contribution in [0.5, 0.6) is 0 Å². The summed E-state index contributed by atoms with van der Waals surface area (Å²) in [6, 6.07) is 0. The molecule has 78 valence electrons. The quantitative estimate of drug-likeness (QED) is 0.714. The fraction of sp³-hybridized carbons (Fsp3) is 1.00. The van der Waals surface area contributed by atoms with Gasteiger partial charge in [-0.05, 0) is 25.5 Å². The van der Waals surface area contributed by atoms with E-state index in [9.17, 15) is 5.11 Å². The van der Waals surface area contributed by atoms with Crippen molar-refractivity contribution in [1.82, 2.24) is 0 Å². The fourth-order valence-corrected chi connectivity index (χ4v) is 1.92. The zero-order chi connectivity index (χ0) is 10.1. The molecule has 1 aliphatic carbocycles. The predicted octanol–water partition coefficient (Wildman–Crippen LogP) is 1.62. The van der Waals surface area contributed by atoms with Crippen LogP contribution in [-0.4, -0.2) is 28.8 Å². The van der Waals surface area contributed by atoms with Gasteiger partial charge in [0.05, 0.1) is 6.10 Å². The molecule has 13 heavy (non-hydrogen) atoms. The average Bonchev–Trinajstić information content (AvgIpc) is 2.84. The van der Waals surface area contributed by atoms with Crippen LogP contribution in [0.15, 0.2) is 0 Å². The summed E-state index contributed by atoms with van der Waals surface area (Å²) in [5, 5.41) is 10.0. The lowest BCUT2D eigenvalue weighted by Gasteiger charge is -2.29. The van der Waals surface area contributed by atoms with Crippen LogP contribution in [0.2, 0.25) is 0 Å². The Bertz CT molecular complexity index is 178. The molecule has 1 rings (SSSR count). The molecule has 2 nitrogen and oxygen atoms in total. The van der Waals surface area contributed by atoms with Gasteiger partial charge in [-0.2, -0.15) is 11.8 Å². The monoisotopic (exact) mass is 203 g/mol. The Labute approximate surface area is 85.3 Å². The van der Waals surface area contributed by atoms with E-state index in [1.165, 1.54) is 0 Å². The third-order valence-corrected chi connectivity index (χ3v) is 4.51. The van der Waals surface area contributed by atoms with Crippen molar-refractivity contribution in [1.29, 1.82) is 0 Å². The molecule has 0 bridgehead atoms. The summed E-state index contributed by atoms with van der Waals surface area (Å²) in [5.74, 6) is 0. The zero-order valence-corrected chi connectivity index (χ0v) is 9.66. The summed E-state index contributed by atoms with van der Waals surface area (Å²) < 4.78 is 0.171. The number of rotatable bonds is 5. The summed E-state index contributed by atoms with van der Waals surface area (Å²) in [4.78, 5) is 0. The van der Waals surface area contributed by atoms with Crippen molar-refractivity contribution in [2.75, 3.05) is 12.8 Å². The number of hydrogen-bond donors (Lipinski definition) is 2. The van der Waals surface area contributed by atoms with Crippen LogP contribution >= 0.6 is 11.8 Å². The van der Waals surface area contributed by atoms with Crippen molar-refractivity contribution in [2.24, 2.45) is 11.1 Å². The molecule has 0 radical (unpaired) electrons. The van der Waals surface area contributed by atoms with Crippen LogP contribution in [0.1, 0.15) is 33.1 Å². The lowest BCUT2D eigenvalue weighted by molar-refractivity contribution is 0.0812. The summed E-state index contributed by atoms with van der Waals surface area (Å²) >= 11 is 1.81. The predicted molar refractivity (Wildman–Crippen MR) is 58.9 cm³/mol. The molecular formula is C10H21NOS. The third-order valence-electron chi connectivity index (χ3n) is 3.24. The number of aliphatic hydroxyl groups excluding tert-OH is 1. The van der Waals surface area contributed by atoms with E-state index in [0.29, 0.717) is 6.54 Å². The van der Waals surface area contributed by atoms with Crippen molar-refractivity contribution in [2.45, 2.75) is 44.0 Å². The van der Waals surface area contributed by atoms with Crippen molar-refractivity contribution >= 4 is 11.8 Å². The fourth-order valence-electron chi connectivity index (χ4n) is 1.60. The Balaban J connectivity index is 2.45. The second kappa shape index (κ2) is 3.79. The van der Waals surface area contributed by atoms with Gasteiger partial charge < -0.3 is 10.8 Å². The average molecular weight is 203 g/mol. The van der Waals surface area contributed by atoms with Gasteiger partial charge in [0.25, 0.3) is 0 Å². The Hall–Kier alpha value is 0.270. The van der Waals surface area contributed by atoms with E-state index in [1.54, 1.807) is 0 Å². The number of hydrogen-bond acceptors (Lipinski definition) is 3. The minimum atomic E-state index is -0.208. The molecule has 0 heterocycles. The van der Waals surface area contributed by atoms with Crippen LogP contribution in [0.3, 0.4) is 0 Å². The molecule has 1 unspecified atom stereocenters. The van der Waals surface area contributed by atoms with Crippen LogP contribution in [0.25, 0.3) is 0 Å². The van der Waals surface area contributed by atoms with Crippen molar-refractivity contribution in [3.63, 3.8) is 0 Å². The minimum Gasteiger partial charge on any atom is -0.392 e. The van der Waals surface area contributed by atoms with Gasteiger partial charge in [-0.25, -0.2) is 0 Å². The number of thioether (sulfide) groups is 1. The highest BCUT2D eigenvalue weighted by Crippen LogP contribution is 2.50. The first-order valence-electron chi connectivity index (χ1n) is 4.89. The Morgan fingerprint density at radius 2 is 2.08 bits per heavy atom. The maximum atomic E-state index is 10.0. The summed E-state index contributed by atoms with van der Waals surface area (Å²) in [6.45, 7) is 4.99. The van der Waals surface area contributed by atoms with Crippen LogP contribution < -0.4 is 5.73 Å². The Morgan fingerprint density at radius 1 is 1.54 bits per heavy atom. The molecule has 1 atom stereocenters. The highest BCUT2D eigenvalue weighted by Gasteiger charge is 2.48. The summed E-state index contributed by atoms with van der Waals surface area (Å²) in [5.41, 5.74) is 5.74. The van der Waals surface area contributed by atoms with E-state index in [2.05, 4.69) is 20.1 Å². The molecule has 0 aliphatic heterocycles. The largest absolute Gasteiger partial charge is 0.392 e. The molecule has 1 aliphatic rings. The number of aliphatic hydroxyl groups is 1. The molecule has 0 aromatic carbocycles. The van der Waals surface area contributed by atoms with Crippen LogP contribution in [-0.2, 0) is 0 Å². The second-order valence-electron chi connectivity index (χ2n) is 4.75. The van der Waals surface area contributed by atoms with Gasteiger partial charge in [-0.3, -0.25) is 0 Å². The molecule has 0 amide bonds. The SMILES string of the molecule is CSC(C)(C)CC(O)C1(CN)CC1. The molecule has 0 aromatic rings. The topological polar surface area (TPSA) is 46.2 Å². The van der Waals surface area contributed by atoms with Gasteiger partial charge in [0.2, 0.25) is 0 Å². The van der Waals surface area contributed by atoms with Gasteiger partial charge >= 0.3 is 0 Å². The maximum Gasteiger partial charge on any atom is 0.0621 e. The molecule has 1 saturated carbocycles. The molecule has 3 N–H and O–H groups in total. The standard InChI is InChI=1S/C10H21NOS/c1-9(2,13-3)6-8(12)10(7-11)4-5-10/h8,12H,4-7,11H2,1-3H3. The van der Waals surface area contributed by atoms with Gasteiger partial charge in [-0.15, -0.1) is 0 Å². The lowest BCUT2D eigenvalue weighted by Crippen LogP contribution is -2.34. The minimum absolute atomic E-state index is 0.0764. The number of nitrogens with two attached hydrogens (primary N) is 1. The first kappa shape index (κ1) is 11.3. The normalized spacial score (nSPS) is 22.8. The van der Waals surface area contributed by atoms with E-state index < -0.39 is 0 Å². The molecule has 0 spiro atoms. The first-order chi connectivity index (χ1) is 5.96. The third kappa shape index (κ3) is 2.61. The van der Waals surface area contributed by atoms with Crippen LogP contribution in [0, 0.1) is 5.41 Å². The van der Waals surface area contributed by atoms with Crippen molar-refractivity contribution in [3.05, 3.63) is 0 Å². The molecule has 1 fully saturated rings. The van der Waals surface area contributed by atoms with Gasteiger partial charge in [-0.1, -0.05) is 13.8 Å². The second-order valence-corrected chi connectivity index (χ2v) is 6.26. The van der Waals surface area contributed by atoms with E-state index in [-0.39, 0.29) is 16.3 Å². The lowest BCUT2D eigenvalue weighted by atomic mass is 9.91. The summed E-state index contributed by atoms with van der Waals surface area (Å²) in [7, 11) is 0. The summed E-state index contributed by atoms with van der Waals surface area (Å²) in [6.07, 6.45) is 4.95. The highest BCUT2D eigenvalue weighted by atomic mass is 32.2.